The van der Waals surface area contributed by atoms with Crippen molar-refractivity contribution in [3.05, 3.63) is 82.9 Å². The fourth-order valence-electron chi connectivity index (χ4n) is 3.03. The Hall–Kier alpha value is -3.78. The summed E-state index contributed by atoms with van der Waals surface area (Å²) in [4.78, 5) is 22.2. The standard InChI is InChI=1S/C18H10Br2N6O6/c19-9-1-5-11(6-2-9)21-13-16(24(27)28)14(22-12-7-3-10(20)4-8-12)18-15(17(13)25(29)30)23-32-26(18)31/h1-8,21-22H. The van der Waals surface area contributed by atoms with E-state index in [-0.39, 0.29) is 10.6 Å². The van der Waals surface area contributed by atoms with Crippen molar-refractivity contribution < 1.29 is 19.4 Å². The summed E-state index contributed by atoms with van der Waals surface area (Å²) in [5.41, 5.74) is -2.45. The van der Waals surface area contributed by atoms with Crippen LogP contribution in [0, 0.1) is 25.4 Å². The maximum Gasteiger partial charge on any atom is 0.357 e. The van der Waals surface area contributed by atoms with Crippen LogP contribution < -0.4 is 15.5 Å². The van der Waals surface area contributed by atoms with Gasteiger partial charge in [0, 0.05) is 20.3 Å². The molecule has 3 aromatic carbocycles. The summed E-state index contributed by atoms with van der Waals surface area (Å²) in [6.07, 6.45) is 0. The van der Waals surface area contributed by atoms with Gasteiger partial charge in [-0.1, -0.05) is 31.9 Å². The molecule has 4 rings (SSSR count). The van der Waals surface area contributed by atoms with Gasteiger partial charge in [0.25, 0.3) is 5.52 Å². The van der Waals surface area contributed by atoms with Gasteiger partial charge in [-0.2, -0.15) is 0 Å². The molecule has 14 heteroatoms. The molecule has 0 radical (unpaired) electrons. The average Bonchev–Trinajstić information content (AvgIpc) is 3.12. The normalized spacial score (nSPS) is 10.8. The Kier molecular flexibility index (Phi) is 5.63. The molecule has 0 atom stereocenters. The smallest absolute Gasteiger partial charge is 0.357 e. The van der Waals surface area contributed by atoms with Crippen molar-refractivity contribution in [1.29, 1.82) is 0 Å². The van der Waals surface area contributed by atoms with E-state index in [2.05, 4.69) is 52.3 Å². The summed E-state index contributed by atoms with van der Waals surface area (Å²) in [6.45, 7) is 0. The Bertz CT molecular complexity index is 1360. The summed E-state index contributed by atoms with van der Waals surface area (Å²) in [7, 11) is 0. The summed E-state index contributed by atoms with van der Waals surface area (Å²) in [6, 6.07) is 13.0. The number of nitrogens with one attached hydrogen (secondary N) is 2. The summed E-state index contributed by atoms with van der Waals surface area (Å²) < 4.78 is 6.06. The highest BCUT2D eigenvalue weighted by molar-refractivity contribution is 9.10. The van der Waals surface area contributed by atoms with Crippen LogP contribution in [0.25, 0.3) is 11.0 Å². The highest BCUT2D eigenvalue weighted by Gasteiger charge is 2.41. The van der Waals surface area contributed by atoms with Crippen LogP contribution in [0.15, 0.2) is 62.1 Å². The van der Waals surface area contributed by atoms with Gasteiger partial charge in [0.1, 0.15) is 0 Å². The molecule has 0 spiro atoms. The van der Waals surface area contributed by atoms with Crippen molar-refractivity contribution in [2.45, 2.75) is 0 Å². The van der Waals surface area contributed by atoms with Gasteiger partial charge in [-0.15, -0.1) is 0 Å². The molecule has 0 fully saturated rings. The predicted molar refractivity (Wildman–Crippen MR) is 121 cm³/mol. The lowest BCUT2D eigenvalue weighted by molar-refractivity contribution is -0.782. The van der Waals surface area contributed by atoms with Gasteiger partial charge >= 0.3 is 16.9 Å². The van der Waals surface area contributed by atoms with Crippen LogP contribution in [0.2, 0.25) is 0 Å². The van der Waals surface area contributed by atoms with E-state index in [1.165, 1.54) is 0 Å². The summed E-state index contributed by atoms with van der Waals surface area (Å²) in [5.74, 6) is 0. The summed E-state index contributed by atoms with van der Waals surface area (Å²) >= 11 is 6.57. The fraction of sp³-hybridized carbons (Fsp3) is 0. The number of anilines is 4. The van der Waals surface area contributed by atoms with Crippen molar-refractivity contribution in [3.8, 4) is 0 Å². The molecule has 0 aliphatic carbocycles. The van der Waals surface area contributed by atoms with Crippen LogP contribution in [0.5, 0.6) is 0 Å². The molecular formula is C18H10Br2N6O6. The number of rotatable bonds is 6. The van der Waals surface area contributed by atoms with Gasteiger partial charge in [-0.3, -0.25) is 24.9 Å². The molecule has 0 aliphatic heterocycles. The van der Waals surface area contributed by atoms with Crippen LogP contribution in [-0.2, 0) is 0 Å². The van der Waals surface area contributed by atoms with E-state index in [1.807, 2.05) is 0 Å². The molecule has 0 aliphatic rings. The Morgan fingerprint density at radius 1 is 0.812 bits per heavy atom. The van der Waals surface area contributed by atoms with Crippen molar-refractivity contribution in [2.24, 2.45) is 0 Å². The number of nitro groups is 2. The average molecular weight is 566 g/mol. The third kappa shape index (κ3) is 3.92. The Balaban J connectivity index is 2.03. The first-order valence-corrected chi connectivity index (χ1v) is 10.3. The number of nitro benzene ring substituents is 2. The molecule has 1 aromatic heterocycles. The molecule has 1 heterocycles. The Morgan fingerprint density at radius 2 is 1.28 bits per heavy atom. The van der Waals surface area contributed by atoms with Crippen LogP contribution in [0.1, 0.15) is 0 Å². The lowest BCUT2D eigenvalue weighted by atomic mass is 10.1. The zero-order chi connectivity index (χ0) is 23.0. The minimum Gasteiger partial charge on any atom is -0.359 e. The SMILES string of the molecule is O=[N+]([O-])c1c(Nc2ccc(Br)cc2)c([N+](=O)[O-])c2no[n+]([O-])c2c1Nc1ccc(Br)cc1. The number of aromatic nitrogens is 2. The predicted octanol–water partition coefficient (Wildman–Crippen LogP) is 5.29. The van der Waals surface area contributed by atoms with E-state index in [4.69, 9.17) is 0 Å². The molecule has 162 valence electrons. The molecular weight excluding hydrogens is 556 g/mol. The third-order valence-corrected chi connectivity index (χ3v) is 5.43. The maximum absolute atomic E-state index is 12.3. The van der Waals surface area contributed by atoms with Crippen LogP contribution in [0.3, 0.4) is 0 Å². The van der Waals surface area contributed by atoms with E-state index in [0.29, 0.717) is 11.4 Å². The Labute approximate surface area is 194 Å². The highest BCUT2D eigenvalue weighted by Crippen LogP contribution is 2.47. The zero-order valence-electron chi connectivity index (χ0n) is 15.6. The minimum absolute atomic E-state index is 0.111. The second-order valence-corrected chi connectivity index (χ2v) is 8.18. The number of nitrogens with zero attached hydrogens (tertiary/aromatic N) is 4. The molecule has 0 unspecified atom stereocenters. The lowest BCUT2D eigenvalue weighted by Gasteiger charge is -2.12. The lowest BCUT2D eigenvalue weighted by Crippen LogP contribution is -2.24. The fourth-order valence-corrected chi connectivity index (χ4v) is 3.56. The molecule has 0 amide bonds. The van der Waals surface area contributed by atoms with E-state index in [0.717, 1.165) is 8.95 Å². The maximum atomic E-state index is 12.3. The molecule has 0 bridgehead atoms. The van der Waals surface area contributed by atoms with E-state index < -0.39 is 37.9 Å². The quantitative estimate of drug-likeness (QED) is 0.179. The van der Waals surface area contributed by atoms with Crippen molar-refractivity contribution in [3.63, 3.8) is 0 Å². The van der Waals surface area contributed by atoms with E-state index in [1.54, 1.807) is 48.5 Å². The largest absolute Gasteiger partial charge is 0.359 e. The molecule has 4 aromatic rings. The van der Waals surface area contributed by atoms with Gasteiger partial charge < -0.3 is 15.8 Å². The van der Waals surface area contributed by atoms with Gasteiger partial charge in [-0.05, 0) is 53.4 Å². The summed E-state index contributed by atoms with van der Waals surface area (Å²) in [5, 5.41) is 45.3. The first-order valence-electron chi connectivity index (χ1n) is 8.69. The van der Waals surface area contributed by atoms with E-state index >= 15 is 0 Å². The first kappa shape index (κ1) is 21.5. The third-order valence-electron chi connectivity index (χ3n) is 4.38. The number of fused-ring (bicyclic) bond motifs is 1. The van der Waals surface area contributed by atoms with Crippen molar-refractivity contribution in [1.82, 2.24) is 5.16 Å². The van der Waals surface area contributed by atoms with Crippen LogP contribution >= 0.6 is 31.9 Å². The monoisotopic (exact) mass is 564 g/mol. The molecule has 0 saturated carbocycles. The molecule has 0 saturated heterocycles. The topological polar surface area (TPSA) is 163 Å². The number of benzene rings is 3. The van der Waals surface area contributed by atoms with Crippen LogP contribution in [0.4, 0.5) is 34.1 Å². The molecule has 2 N–H and O–H groups in total. The number of hydrogen-bond acceptors (Lipinski definition) is 9. The van der Waals surface area contributed by atoms with E-state index in [9.17, 15) is 25.4 Å². The second kappa shape index (κ2) is 8.39. The van der Waals surface area contributed by atoms with Gasteiger partial charge in [-0.25, -0.2) is 0 Å². The van der Waals surface area contributed by atoms with Gasteiger partial charge in [0.2, 0.25) is 5.69 Å². The Morgan fingerprint density at radius 3 is 1.75 bits per heavy atom. The van der Waals surface area contributed by atoms with Gasteiger partial charge in [0.15, 0.2) is 5.69 Å². The minimum atomic E-state index is -0.859. The highest BCUT2D eigenvalue weighted by atomic mass is 79.9. The van der Waals surface area contributed by atoms with Gasteiger partial charge in [0.05, 0.1) is 15.0 Å². The number of halogens is 2. The molecule has 12 nitrogen and oxygen atoms in total. The molecule has 32 heavy (non-hydrogen) atoms. The first-order chi connectivity index (χ1) is 15.3. The van der Waals surface area contributed by atoms with Crippen molar-refractivity contribution >= 4 is 77.0 Å². The number of hydrogen-bond donors (Lipinski definition) is 2. The van der Waals surface area contributed by atoms with Crippen LogP contribution in [-0.4, -0.2) is 15.0 Å². The second-order valence-electron chi connectivity index (χ2n) is 6.35. The zero-order valence-corrected chi connectivity index (χ0v) is 18.8. The van der Waals surface area contributed by atoms with Crippen molar-refractivity contribution in [2.75, 3.05) is 10.6 Å².